The van der Waals surface area contributed by atoms with Crippen molar-refractivity contribution in [3.63, 3.8) is 0 Å². The van der Waals surface area contributed by atoms with E-state index in [1.165, 1.54) is 0 Å². The predicted octanol–water partition coefficient (Wildman–Crippen LogP) is 3.33. The van der Waals surface area contributed by atoms with Crippen molar-refractivity contribution < 1.29 is 4.79 Å². The van der Waals surface area contributed by atoms with Crippen LogP contribution in [0.3, 0.4) is 0 Å². The van der Waals surface area contributed by atoms with Gasteiger partial charge < -0.3 is 10.6 Å². The molecule has 5 heteroatoms. The van der Waals surface area contributed by atoms with Gasteiger partial charge in [0, 0.05) is 23.6 Å². The predicted molar refractivity (Wildman–Crippen MR) is 80.4 cm³/mol. The van der Waals surface area contributed by atoms with Crippen LogP contribution in [0.5, 0.6) is 0 Å². The summed E-state index contributed by atoms with van der Waals surface area (Å²) in [5.41, 5.74) is 6.78. The molecule has 0 fully saturated rings. The Hall–Kier alpha value is -0.770. The van der Waals surface area contributed by atoms with E-state index in [0.717, 1.165) is 5.56 Å². The number of benzene rings is 1. The molecule has 0 aliphatic rings. The summed E-state index contributed by atoms with van der Waals surface area (Å²) in [4.78, 5) is 13.7. The second-order valence-corrected chi connectivity index (χ2v) is 6.08. The van der Waals surface area contributed by atoms with Gasteiger partial charge in [-0.3, -0.25) is 4.79 Å². The summed E-state index contributed by atoms with van der Waals surface area (Å²) in [6.07, 6.45) is 0.680. The number of carbonyl (C=O) groups excluding carboxylic acids is 1. The minimum absolute atomic E-state index is 0.0650. The zero-order valence-corrected chi connectivity index (χ0v) is 13.0. The van der Waals surface area contributed by atoms with Crippen LogP contribution < -0.4 is 5.73 Å². The van der Waals surface area contributed by atoms with Crippen molar-refractivity contribution >= 4 is 29.1 Å². The molecular weight excluding hydrogens is 283 g/mol. The summed E-state index contributed by atoms with van der Waals surface area (Å²) in [5.74, 6) is 0.331. The lowest BCUT2D eigenvalue weighted by atomic mass is 10.0. The first kappa shape index (κ1) is 16.3. The van der Waals surface area contributed by atoms with E-state index in [9.17, 15) is 4.79 Å². The highest BCUT2D eigenvalue weighted by Gasteiger charge is 2.19. The fourth-order valence-electron chi connectivity index (χ4n) is 1.95. The molecule has 106 valence electrons. The maximum atomic E-state index is 12.1. The Morgan fingerprint density at radius 2 is 1.79 bits per heavy atom. The highest BCUT2D eigenvalue weighted by Crippen LogP contribution is 2.20. The third-order valence-electron chi connectivity index (χ3n) is 2.76. The lowest BCUT2D eigenvalue weighted by Crippen LogP contribution is -2.42. The van der Waals surface area contributed by atoms with Gasteiger partial charge in [-0.25, -0.2) is 0 Å². The molecule has 0 saturated heterocycles. The molecule has 0 bridgehead atoms. The lowest BCUT2D eigenvalue weighted by molar-refractivity contribution is -0.132. The first-order valence-electron chi connectivity index (χ1n) is 6.25. The molecule has 0 heterocycles. The molecule has 0 unspecified atom stereocenters. The third kappa shape index (κ3) is 5.39. The second-order valence-electron chi connectivity index (χ2n) is 5.21. The van der Waals surface area contributed by atoms with Crippen molar-refractivity contribution in [1.82, 2.24) is 4.90 Å². The zero-order chi connectivity index (χ0) is 14.6. The Morgan fingerprint density at radius 3 is 2.26 bits per heavy atom. The van der Waals surface area contributed by atoms with Gasteiger partial charge in [-0.2, -0.15) is 0 Å². The first-order valence-corrected chi connectivity index (χ1v) is 7.00. The largest absolute Gasteiger partial charge is 0.340 e. The van der Waals surface area contributed by atoms with E-state index in [-0.39, 0.29) is 5.91 Å². The van der Waals surface area contributed by atoms with Crippen molar-refractivity contribution in [2.24, 2.45) is 11.7 Å². The van der Waals surface area contributed by atoms with Gasteiger partial charge in [0.05, 0.1) is 6.04 Å². The van der Waals surface area contributed by atoms with E-state index < -0.39 is 6.04 Å². The molecule has 3 nitrogen and oxygen atoms in total. The molecule has 2 N–H and O–H groups in total. The van der Waals surface area contributed by atoms with Crippen molar-refractivity contribution in [3.05, 3.63) is 33.8 Å². The maximum absolute atomic E-state index is 12.1. The molecule has 0 radical (unpaired) electrons. The average Bonchev–Trinajstić information content (AvgIpc) is 2.25. The van der Waals surface area contributed by atoms with E-state index >= 15 is 0 Å². The Balaban J connectivity index is 2.68. The van der Waals surface area contributed by atoms with Crippen LogP contribution in [0.15, 0.2) is 18.2 Å². The van der Waals surface area contributed by atoms with Crippen LogP contribution in [-0.4, -0.2) is 23.9 Å². The third-order valence-corrected chi connectivity index (χ3v) is 3.20. The molecule has 1 aromatic rings. The molecule has 1 atom stereocenters. The summed E-state index contributed by atoms with van der Waals surface area (Å²) in [5, 5.41) is 1.13. The van der Waals surface area contributed by atoms with Gasteiger partial charge in [-0.05, 0) is 36.1 Å². The quantitative estimate of drug-likeness (QED) is 0.907. The number of halogens is 2. The molecule has 19 heavy (non-hydrogen) atoms. The summed E-state index contributed by atoms with van der Waals surface area (Å²) in [7, 11) is 1.73. The van der Waals surface area contributed by atoms with Crippen LogP contribution in [0.2, 0.25) is 10.0 Å². The summed E-state index contributed by atoms with van der Waals surface area (Å²) < 4.78 is 0. The normalized spacial score (nSPS) is 12.6. The van der Waals surface area contributed by atoms with Gasteiger partial charge in [0.1, 0.15) is 0 Å². The van der Waals surface area contributed by atoms with Crippen LogP contribution in [0.4, 0.5) is 0 Å². The zero-order valence-electron chi connectivity index (χ0n) is 11.5. The van der Waals surface area contributed by atoms with Crippen molar-refractivity contribution in [3.8, 4) is 0 Å². The molecule has 0 saturated carbocycles. The number of amides is 1. The highest BCUT2D eigenvalue weighted by atomic mass is 35.5. The van der Waals surface area contributed by atoms with Gasteiger partial charge >= 0.3 is 0 Å². The number of nitrogens with two attached hydrogens (primary N) is 1. The standard InChI is InChI=1S/C14H20Cl2N2O/c1-9(2)4-13(17)14(19)18(3)8-10-5-11(15)7-12(16)6-10/h5-7,9,13H,4,8,17H2,1-3H3/t13-/m0/s1. The minimum Gasteiger partial charge on any atom is -0.340 e. The van der Waals surface area contributed by atoms with Crippen molar-refractivity contribution in [2.75, 3.05) is 7.05 Å². The lowest BCUT2D eigenvalue weighted by Gasteiger charge is -2.22. The summed E-state index contributed by atoms with van der Waals surface area (Å²) >= 11 is 11.9. The summed E-state index contributed by atoms with van der Waals surface area (Å²) in [6.45, 7) is 4.54. The van der Waals surface area contributed by atoms with Gasteiger partial charge in [0.2, 0.25) is 5.91 Å². The van der Waals surface area contributed by atoms with Crippen LogP contribution in [0, 0.1) is 5.92 Å². The maximum Gasteiger partial charge on any atom is 0.239 e. The number of rotatable bonds is 5. The van der Waals surface area contributed by atoms with Crippen LogP contribution in [0.25, 0.3) is 0 Å². The average molecular weight is 303 g/mol. The molecule has 1 aromatic carbocycles. The van der Waals surface area contributed by atoms with Crippen LogP contribution in [0.1, 0.15) is 25.8 Å². The van der Waals surface area contributed by atoms with Gasteiger partial charge in [0.15, 0.2) is 0 Å². The molecular formula is C14H20Cl2N2O. The fraction of sp³-hybridized carbons (Fsp3) is 0.500. The molecule has 1 rings (SSSR count). The molecule has 0 aliphatic heterocycles. The van der Waals surface area contributed by atoms with E-state index in [2.05, 4.69) is 0 Å². The number of carbonyl (C=O) groups is 1. The Labute approximate surface area is 124 Å². The van der Waals surface area contributed by atoms with Crippen molar-refractivity contribution in [1.29, 1.82) is 0 Å². The van der Waals surface area contributed by atoms with Gasteiger partial charge in [0.25, 0.3) is 0 Å². The number of hydrogen-bond donors (Lipinski definition) is 1. The first-order chi connectivity index (χ1) is 8.79. The molecule has 0 aliphatic carbocycles. The van der Waals surface area contributed by atoms with E-state index in [4.69, 9.17) is 28.9 Å². The number of likely N-dealkylation sites (N-methyl/N-ethyl adjacent to an activating group) is 1. The minimum atomic E-state index is -0.459. The summed E-state index contributed by atoms with van der Waals surface area (Å²) in [6, 6.07) is 4.80. The monoisotopic (exact) mass is 302 g/mol. The van der Waals surface area contributed by atoms with E-state index in [1.807, 2.05) is 13.8 Å². The SMILES string of the molecule is CC(C)C[C@H](N)C(=O)N(C)Cc1cc(Cl)cc(Cl)c1. The molecule has 0 spiro atoms. The number of nitrogens with zero attached hydrogens (tertiary/aromatic N) is 1. The topological polar surface area (TPSA) is 46.3 Å². The van der Waals surface area contributed by atoms with E-state index in [0.29, 0.717) is 28.9 Å². The van der Waals surface area contributed by atoms with Gasteiger partial charge in [-0.15, -0.1) is 0 Å². The van der Waals surface area contributed by atoms with Crippen LogP contribution >= 0.6 is 23.2 Å². The molecule has 0 aromatic heterocycles. The smallest absolute Gasteiger partial charge is 0.239 e. The Morgan fingerprint density at radius 1 is 1.26 bits per heavy atom. The Kier molecular flexibility index (Phi) is 6.11. The van der Waals surface area contributed by atoms with Crippen LogP contribution in [-0.2, 0) is 11.3 Å². The van der Waals surface area contributed by atoms with Gasteiger partial charge in [-0.1, -0.05) is 37.0 Å². The second kappa shape index (κ2) is 7.13. The van der Waals surface area contributed by atoms with Crippen molar-refractivity contribution in [2.45, 2.75) is 32.9 Å². The highest BCUT2D eigenvalue weighted by molar-refractivity contribution is 6.34. The molecule has 1 amide bonds. The number of hydrogen-bond acceptors (Lipinski definition) is 2. The Bertz CT molecular complexity index is 429. The van der Waals surface area contributed by atoms with E-state index in [1.54, 1.807) is 30.1 Å². The fourth-order valence-corrected chi connectivity index (χ4v) is 2.52.